The van der Waals surface area contributed by atoms with Gasteiger partial charge < -0.3 is 14.0 Å². The molecule has 1 heterocycles. The van der Waals surface area contributed by atoms with Crippen LogP contribution in [0.3, 0.4) is 0 Å². The van der Waals surface area contributed by atoms with E-state index in [-0.39, 0.29) is 12.6 Å². The first-order valence-electron chi connectivity index (χ1n) is 10.4. The van der Waals surface area contributed by atoms with Gasteiger partial charge in [-0.2, -0.15) is 5.26 Å². The molecule has 7 nitrogen and oxygen atoms in total. The third kappa shape index (κ3) is 5.56. The summed E-state index contributed by atoms with van der Waals surface area (Å²) in [5, 5.41) is 10.9. The van der Waals surface area contributed by atoms with Crippen molar-refractivity contribution in [1.82, 2.24) is 9.29 Å². The molecule has 33 heavy (non-hydrogen) atoms. The van der Waals surface area contributed by atoms with Gasteiger partial charge >= 0.3 is 0 Å². The first-order chi connectivity index (χ1) is 15.8. The Hall–Kier alpha value is -2.44. The second-order valence-electron chi connectivity index (χ2n) is 8.10. The van der Waals surface area contributed by atoms with Gasteiger partial charge in [-0.1, -0.05) is 11.6 Å². The van der Waals surface area contributed by atoms with Crippen molar-refractivity contribution in [3.05, 3.63) is 53.2 Å². The molecule has 2 aromatic carbocycles. The van der Waals surface area contributed by atoms with Crippen molar-refractivity contribution in [3.63, 3.8) is 0 Å². The average molecular weight is 508 g/mol. The number of nitrogens with one attached hydrogen (secondary N) is 1. The largest absolute Gasteiger partial charge is 0.493 e. The fourth-order valence-electron chi connectivity index (χ4n) is 4.01. The van der Waals surface area contributed by atoms with Gasteiger partial charge in [-0.3, -0.25) is 0 Å². The third-order valence-corrected chi connectivity index (χ3v) is 6.71. The maximum Gasteiger partial charge on any atom is 0.208 e. The number of fused-ring (bicyclic) bond motifs is 1. The number of hydrogen-bond donors (Lipinski definition) is 1. The van der Waals surface area contributed by atoms with Crippen LogP contribution < -0.4 is 14.2 Å². The van der Waals surface area contributed by atoms with Crippen molar-refractivity contribution in [1.29, 1.82) is 5.26 Å². The Labute approximate surface area is 202 Å². The third-order valence-electron chi connectivity index (χ3n) is 5.51. The number of benzene rings is 2. The lowest BCUT2D eigenvalue weighted by atomic mass is 9.81. The lowest BCUT2D eigenvalue weighted by Crippen LogP contribution is -2.45. The summed E-state index contributed by atoms with van der Waals surface area (Å²) in [7, 11) is -3.17. The lowest BCUT2D eigenvalue weighted by molar-refractivity contribution is 0.152. The van der Waals surface area contributed by atoms with E-state index in [1.807, 2.05) is 35.0 Å². The van der Waals surface area contributed by atoms with Crippen molar-refractivity contribution in [2.24, 2.45) is 5.92 Å². The van der Waals surface area contributed by atoms with Gasteiger partial charge in [-0.25, -0.2) is 13.1 Å². The van der Waals surface area contributed by atoms with Crippen LogP contribution in [0.5, 0.6) is 11.5 Å². The number of aromatic nitrogens is 1. The fourth-order valence-corrected chi connectivity index (χ4v) is 5.15. The minimum atomic E-state index is -3.17. The van der Waals surface area contributed by atoms with Gasteiger partial charge in [0.25, 0.3) is 0 Å². The molecule has 0 amide bonds. The highest BCUT2D eigenvalue weighted by Crippen LogP contribution is 2.34. The molecule has 1 N–H and O–H groups in total. The molecule has 0 radical (unpaired) electrons. The molecule has 0 aliphatic heterocycles. The second-order valence-corrected chi connectivity index (χ2v) is 10.7. The lowest BCUT2D eigenvalue weighted by Gasteiger charge is -2.34. The average Bonchev–Trinajstić information content (AvgIpc) is 3.16. The van der Waals surface area contributed by atoms with E-state index in [1.165, 1.54) is 6.26 Å². The minimum Gasteiger partial charge on any atom is -0.493 e. The highest BCUT2D eigenvalue weighted by atomic mass is 35.5. The molecular weight excluding hydrogens is 485 g/mol. The normalized spacial score (nSPS) is 18.0. The van der Waals surface area contributed by atoms with E-state index in [9.17, 15) is 13.7 Å². The van der Waals surface area contributed by atoms with Gasteiger partial charge in [0, 0.05) is 23.3 Å². The maximum absolute atomic E-state index is 11.3. The highest BCUT2D eigenvalue weighted by molar-refractivity contribution is 7.88. The van der Waals surface area contributed by atoms with Crippen molar-refractivity contribution < 1.29 is 17.9 Å². The van der Waals surface area contributed by atoms with E-state index in [2.05, 4.69) is 10.8 Å². The summed E-state index contributed by atoms with van der Waals surface area (Å²) < 4.78 is 38.6. The number of halogens is 2. The van der Waals surface area contributed by atoms with Gasteiger partial charge in [0.15, 0.2) is 5.75 Å². The van der Waals surface area contributed by atoms with Gasteiger partial charge in [0.2, 0.25) is 10.0 Å². The zero-order chi connectivity index (χ0) is 23.6. The number of hydrogen-bond acceptors (Lipinski definition) is 5. The van der Waals surface area contributed by atoms with Crippen molar-refractivity contribution in [3.8, 4) is 23.3 Å². The van der Waals surface area contributed by atoms with E-state index in [4.69, 9.17) is 32.7 Å². The SMILES string of the molecule is CS(=O)(=O)NC1CC(COc2ccc3c(ccn3-c3cc(Cl)c(OCCCl)c(C#N)c3)c2)C1. The van der Waals surface area contributed by atoms with Crippen LogP contribution in [0.2, 0.25) is 5.02 Å². The predicted molar refractivity (Wildman–Crippen MR) is 129 cm³/mol. The standard InChI is InChI=1S/C23H23Cl2N3O4S/c1-33(29,30)27-18-8-15(9-18)14-32-20-2-3-22-16(11-20)4-6-28(22)19-10-17(13-26)23(21(25)12-19)31-7-5-24/h2-4,6,10-12,15,18,27H,5,7-9,14H2,1H3. The molecule has 0 spiro atoms. The summed E-state index contributed by atoms with van der Waals surface area (Å²) >= 11 is 12.1. The Morgan fingerprint density at radius 1 is 1.21 bits per heavy atom. The van der Waals surface area contributed by atoms with Crippen LogP contribution in [0.15, 0.2) is 42.6 Å². The second kappa shape index (κ2) is 9.82. The van der Waals surface area contributed by atoms with E-state index in [0.29, 0.717) is 34.7 Å². The number of sulfonamides is 1. The summed E-state index contributed by atoms with van der Waals surface area (Å²) in [6, 6.07) is 13.4. The zero-order valence-electron chi connectivity index (χ0n) is 17.9. The van der Waals surface area contributed by atoms with Crippen molar-refractivity contribution in [2.45, 2.75) is 18.9 Å². The monoisotopic (exact) mass is 507 g/mol. The zero-order valence-corrected chi connectivity index (χ0v) is 20.3. The fraction of sp³-hybridized carbons (Fsp3) is 0.348. The van der Waals surface area contributed by atoms with E-state index in [1.54, 1.807) is 12.1 Å². The van der Waals surface area contributed by atoms with Crippen LogP contribution in [-0.4, -0.2) is 44.4 Å². The Balaban J connectivity index is 1.47. The molecule has 10 heteroatoms. The van der Waals surface area contributed by atoms with Gasteiger partial charge in [0.1, 0.15) is 18.4 Å². The number of nitrogens with zero attached hydrogens (tertiary/aromatic N) is 2. The number of ether oxygens (including phenoxy) is 2. The first kappa shape index (κ1) is 23.7. The first-order valence-corrected chi connectivity index (χ1v) is 13.2. The van der Waals surface area contributed by atoms with Crippen molar-refractivity contribution in [2.75, 3.05) is 25.3 Å². The Morgan fingerprint density at radius 3 is 2.70 bits per heavy atom. The van der Waals surface area contributed by atoms with Crippen molar-refractivity contribution >= 4 is 44.1 Å². The molecule has 0 atom stereocenters. The quantitative estimate of drug-likeness (QED) is 0.431. The summed E-state index contributed by atoms with van der Waals surface area (Å²) in [4.78, 5) is 0. The highest BCUT2D eigenvalue weighted by Gasteiger charge is 2.31. The molecule has 0 saturated heterocycles. The van der Waals surface area contributed by atoms with E-state index in [0.717, 1.165) is 35.2 Å². The topological polar surface area (TPSA) is 93.3 Å². The molecule has 1 saturated carbocycles. The smallest absolute Gasteiger partial charge is 0.208 e. The molecule has 1 aliphatic carbocycles. The summed E-state index contributed by atoms with van der Waals surface area (Å²) in [5.74, 6) is 1.71. The molecule has 0 bridgehead atoms. The molecular formula is C23H23Cl2N3O4S. The summed E-state index contributed by atoms with van der Waals surface area (Å²) in [6.45, 7) is 0.805. The Morgan fingerprint density at radius 2 is 2.00 bits per heavy atom. The van der Waals surface area contributed by atoms with Crippen LogP contribution in [-0.2, 0) is 10.0 Å². The Bertz CT molecular complexity index is 1310. The van der Waals surface area contributed by atoms with E-state index < -0.39 is 10.0 Å². The minimum absolute atomic E-state index is 0.00182. The van der Waals surface area contributed by atoms with Gasteiger partial charge in [-0.05, 0) is 55.2 Å². The molecule has 0 unspecified atom stereocenters. The predicted octanol–water partition coefficient (Wildman–Crippen LogP) is 4.48. The molecule has 1 fully saturated rings. The number of rotatable bonds is 9. The van der Waals surface area contributed by atoms with E-state index >= 15 is 0 Å². The van der Waals surface area contributed by atoms with Crippen LogP contribution in [0.25, 0.3) is 16.6 Å². The van der Waals surface area contributed by atoms with Crippen LogP contribution in [0, 0.1) is 17.2 Å². The summed E-state index contributed by atoms with van der Waals surface area (Å²) in [6.07, 6.45) is 4.64. The van der Waals surface area contributed by atoms with Crippen LogP contribution in [0.4, 0.5) is 0 Å². The molecule has 3 aromatic rings. The van der Waals surface area contributed by atoms with Crippen LogP contribution in [0.1, 0.15) is 18.4 Å². The van der Waals surface area contributed by atoms with Gasteiger partial charge in [0.05, 0.1) is 34.8 Å². The van der Waals surface area contributed by atoms with Gasteiger partial charge in [-0.15, -0.1) is 11.6 Å². The molecule has 4 rings (SSSR count). The Kier molecular flexibility index (Phi) is 7.05. The number of alkyl halides is 1. The molecule has 1 aromatic heterocycles. The number of nitriles is 1. The molecule has 1 aliphatic rings. The summed E-state index contributed by atoms with van der Waals surface area (Å²) in [5.41, 5.74) is 2.03. The molecule has 174 valence electrons. The maximum atomic E-state index is 11.3. The van der Waals surface area contributed by atoms with Crippen LogP contribution >= 0.6 is 23.2 Å².